The molecule has 0 atom stereocenters. The largest absolute Gasteiger partial charge is 0.376 e. The Morgan fingerprint density at radius 2 is 1.75 bits per heavy atom. The minimum absolute atomic E-state index is 0.0334. The van der Waals surface area contributed by atoms with Crippen molar-refractivity contribution >= 4 is 35.0 Å². The van der Waals surface area contributed by atoms with Crippen LogP contribution in [0.5, 0.6) is 0 Å². The van der Waals surface area contributed by atoms with Crippen LogP contribution in [0.1, 0.15) is 17.3 Å². The number of nitrogens with one attached hydrogen (secondary N) is 2. The van der Waals surface area contributed by atoms with E-state index in [1.54, 1.807) is 28.0 Å². The zero-order chi connectivity index (χ0) is 17.7. The lowest BCUT2D eigenvalue weighted by Gasteiger charge is -2.34. The monoisotopic (exact) mass is 352 g/mol. The fraction of sp³-hybridized carbons (Fsp3) is 0.438. The first-order valence-electron chi connectivity index (χ1n) is 7.71. The Morgan fingerprint density at radius 1 is 1.12 bits per heavy atom. The average Bonchev–Trinajstić information content (AvgIpc) is 2.59. The van der Waals surface area contributed by atoms with Gasteiger partial charge in [0.05, 0.1) is 17.1 Å². The highest BCUT2D eigenvalue weighted by Gasteiger charge is 2.22. The second kappa shape index (κ2) is 8.01. The van der Waals surface area contributed by atoms with Gasteiger partial charge in [-0.25, -0.2) is 0 Å². The molecule has 0 radical (unpaired) electrons. The van der Waals surface area contributed by atoms with E-state index in [0.717, 1.165) is 0 Å². The summed E-state index contributed by atoms with van der Waals surface area (Å²) in [7, 11) is 1.54. The van der Waals surface area contributed by atoms with E-state index in [9.17, 15) is 14.4 Å². The lowest BCUT2D eigenvalue weighted by atomic mass is 10.2. The molecule has 3 amide bonds. The summed E-state index contributed by atoms with van der Waals surface area (Å²) in [4.78, 5) is 38.5. The van der Waals surface area contributed by atoms with Gasteiger partial charge >= 0.3 is 0 Å². The number of piperazine rings is 1. The van der Waals surface area contributed by atoms with Crippen LogP contribution in [0.3, 0.4) is 0 Å². The van der Waals surface area contributed by atoms with Crippen molar-refractivity contribution in [2.75, 3.05) is 45.1 Å². The summed E-state index contributed by atoms with van der Waals surface area (Å²) in [6, 6.07) is 4.93. The van der Waals surface area contributed by atoms with Crippen molar-refractivity contribution in [2.24, 2.45) is 0 Å². The minimum Gasteiger partial charge on any atom is -0.376 e. The molecular weight excluding hydrogens is 332 g/mol. The Bertz CT molecular complexity index is 642. The van der Waals surface area contributed by atoms with E-state index in [-0.39, 0.29) is 24.3 Å². The van der Waals surface area contributed by atoms with Crippen molar-refractivity contribution in [3.05, 3.63) is 28.8 Å². The highest BCUT2D eigenvalue weighted by atomic mass is 35.5. The Morgan fingerprint density at radius 3 is 2.29 bits per heavy atom. The Hall–Kier alpha value is -2.28. The number of benzene rings is 1. The van der Waals surface area contributed by atoms with E-state index in [4.69, 9.17) is 11.6 Å². The Labute approximate surface area is 145 Å². The molecule has 1 fully saturated rings. The topological polar surface area (TPSA) is 81.8 Å². The minimum atomic E-state index is -0.258. The molecule has 1 saturated heterocycles. The SMILES string of the molecule is CNC(=O)c1ccc(NCC(=O)N2CCN(C(C)=O)CC2)cc1Cl. The van der Waals surface area contributed by atoms with Gasteiger partial charge in [-0.3, -0.25) is 14.4 Å². The summed E-state index contributed by atoms with van der Waals surface area (Å²) in [6.45, 7) is 3.87. The zero-order valence-electron chi connectivity index (χ0n) is 13.8. The number of nitrogens with zero attached hydrogens (tertiary/aromatic N) is 2. The van der Waals surface area contributed by atoms with Gasteiger partial charge in [-0.1, -0.05) is 11.6 Å². The normalized spacial score (nSPS) is 14.3. The maximum atomic E-state index is 12.2. The van der Waals surface area contributed by atoms with Gasteiger partial charge in [0.1, 0.15) is 0 Å². The number of carbonyl (C=O) groups is 3. The number of hydrogen-bond donors (Lipinski definition) is 2. The maximum Gasteiger partial charge on any atom is 0.252 e. The van der Waals surface area contributed by atoms with E-state index >= 15 is 0 Å². The van der Waals surface area contributed by atoms with E-state index in [2.05, 4.69) is 10.6 Å². The van der Waals surface area contributed by atoms with Crippen LogP contribution in [0.4, 0.5) is 5.69 Å². The number of amides is 3. The molecule has 7 nitrogen and oxygen atoms in total. The van der Waals surface area contributed by atoms with Gasteiger partial charge in [0.15, 0.2) is 0 Å². The van der Waals surface area contributed by atoms with Crippen LogP contribution in [0, 0.1) is 0 Å². The highest BCUT2D eigenvalue weighted by molar-refractivity contribution is 6.34. The van der Waals surface area contributed by atoms with Gasteiger partial charge in [0.25, 0.3) is 5.91 Å². The van der Waals surface area contributed by atoms with E-state index in [0.29, 0.717) is 42.5 Å². The highest BCUT2D eigenvalue weighted by Crippen LogP contribution is 2.21. The predicted octanol–water partition coefficient (Wildman–Crippen LogP) is 0.802. The van der Waals surface area contributed by atoms with Crippen molar-refractivity contribution in [3.63, 3.8) is 0 Å². The van der Waals surface area contributed by atoms with Gasteiger partial charge in [-0.15, -0.1) is 0 Å². The van der Waals surface area contributed by atoms with Crippen molar-refractivity contribution in [3.8, 4) is 0 Å². The third-order valence-corrected chi connectivity index (χ3v) is 4.27. The summed E-state index contributed by atoms with van der Waals surface area (Å²) in [5.41, 5.74) is 1.06. The van der Waals surface area contributed by atoms with Crippen molar-refractivity contribution in [1.82, 2.24) is 15.1 Å². The van der Waals surface area contributed by atoms with Gasteiger partial charge < -0.3 is 20.4 Å². The van der Waals surface area contributed by atoms with Crippen LogP contribution < -0.4 is 10.6 Å². The molecule has 1 aliphatic heterocycles. The molecule has 2 rings (SSSR count). The standard InChI is InChI=1S/C16H21ClN4O3/c1-11(22)20-5-7-21(8-6-20)15(23)10-19-12-3-4-13(14(17)9-12)16(24)18-2/h3-4,9,19H,5-8,10H2,1-2H3,(H,18,24). The average molecular weight is 353 g/mol. The molecule has 0 aliphatic carbocycles. The van der Waals surface area contributed by atoms with Crippen LogP contribution in [-0.2, 0) is 9.59 Å². The Balaban J connectivity index is 1.87. The van der Waals surface area contributed by atoms with Crippen molar-refractivity contribution < 1.29 is 14.4 Å². The molecule has 0 spiro atoms. The van der Waals surface area contributed by atoms with E-state index in [1.807, 2.05) is 0 Å². The number of carbonyl (C=O) groups excluding carboxylic acids is 3. The second-order valence-electron chi connectivity index (χ2n) is 5.51. The molecule has 0 bridgehead atoms. The molecule has 8 heteroatoms. The number of rotatable bonds is 4. The summed E-state index contributed by atoms with van der Waals surface area (Å²) in [5.74, 6) is -0.262. The lowest BCUT2D eigenvalue weighted by molar-refractivity contribution is -0.137. The molecule has 130 valence electrons. The molecule has 0 saturated carbocycles. The van der Waals surface area contributed by atoms with Crippen LogP contribution in [0.2, 0.25) is 5.02 Å². The molecule has 1 aromatic carbocycles. The van der Waals surface area contributed by atoms with Crippen molar-refractivity contribution in [1.29, 1.82) is 0 Å². The first kappa shape index (κ1) is 18.1. The first-order valence-corrected chi connectivity index (χ1v) is 8.09. The summed E-state index contributed by atoms with van der Waals surface area (Å²) in [5, 5.41) is 5.85. The number of halogens is 1. The van der Waals surface area contributed by atoms with Gasteiger partial charge in [-0.2, -0.15) is 0 Å². The summed E-state index contributed by atoms with van der Waals surface area (Å²) >= 11 is 6.08. The quantitative estimate of drug-likeness (QED) is 0.840. The molecule has 1 aliphatic rings. The molecule has 0 unspecified atom stereocenters. The lowest BCUT2D eigenvalue weighted by Crippen LogP contribution is -2.51. The number of anilines is 1. The number of hydrogen-bond acceptors (Lipinski definition) is 4. The van der Waals surface area contributed by atoms with Crippen LogP contribution in [0.25, 0.3) is 0 Å². The van der Waals surface area contributed by atoms with Gasteiger partial charge in [-0.05, 0) is 18.2 Å². The third kappa shape index (κ3) is 4.38. The molecule has 1 aromatic rings. The van der Waals surface area contributed by atoms with Gasteiger partial charge in [0.2, 0.25) is 11.8 Å². The van der Waals surface area contributed by atoms with Crippen LogP contribution in [0.15, 0.2) is 18.2 Å². The summed E-state index contributed by atoms with van der Waals surface area (Å²) < 4.78 is 0. The van der Waals surface area contributed by atoms with E-state index in [1.165, 1.54) is 14.0 Å². The fourth-order valence-corrected chi connectivity index (χ4v) is 2.77. The molecule has 0 aromatic heterocycles. The van der Waals surface area contributed by atoms with E-state index < -0.39 is 0 Å². The molecule has 24 heavy (non-hydrogen) atoms. The molecule has 1 heterocycles. The predicted molar refractivity (Wildman–Crippen MR) is 92.2 cm³/mol. The molecule has 2 N–H and O–H groups in total. The van der Waals surface area contributed by atoms with Crippen LogP contribution in [-0.4, -0.2) is 67.3 Å². The first-order chi connectivity index (χ1) is 11.4. The van der Waals surface area contributed by atoms with Gasteiger partial charge in [0, 0.05) is 45.8 Å². The van der Waals surface area contributed by atoms with Crippen molar-refractivity contribution in [2.45, 2.75) is 6.92 Å². The second-order valence-corrected chi connectivity index (χ2v) is 5.92. The molecular formula is C16H21ClN4O3. The maximum absolute atomic E-state index is 12.2. The third-order valence-electron chi connectivity index (χ3n) is 3.96. The fourth-order valence-electron chi connectivity index (χ4n) is 2.50. The smallest absolute Gasteiger partial charge is 0.252 e. The Kier molecular flexibility index (Phi) is 6.03. The summed E-state index contributed by atoms with van der Waals surface area (Å²) in [6.07, 6.45) is 0. The zero-order valence-corrected chi connectivity index (χ0v) is 14.5. The van der Waals surface area contributed by atoms with Crippen LogP contribution >= 0.6 is 11.6 Å².